The van der Waals surface area contributed by atoms with Crippen molar-refractivity contribution in [2.24, 2.45) is 5.41 Å². The van der Waals surface area contributed by atoms with E-state index in [0.29, 0.717) is 31.7 Å². The number of aromatic nitrogens is 1. The molecule has 37 heavy (non-hydrogen) atoms. The molecule has 2 aromatic carbocycles. The molecule has 3 aromatic rings. The van der Waals surface area contributed by atoms with Gasteiger partial charge < -0.3 is 19.9 Å². The van der Waals surface area contributed by atoms with Crippen molar-refractivity contribution in [2.75, 3.05) is 19.6 Å². The molecular formula is C30H36FN3O3. The number of hydrogen-bond donors (Lipinski definition) is 2. The van der Waals surface area contributed by atoms with E-state index in [1.807, 2.05) is 30.0 Å². The Hall–Kier alpha value is -3.35. The Morgan fingerprint density at radius 3 is 2.70 bits per heavy atom. The predicted octanol–water partition coefficient (Wildman–Crippen LogP) is 5.40. The van der Waals surface area contributed by atoms with Crippen molar-refractivity contribution >= 4 is 22.7 Å². The van der Waals surface area contributed by atoms with E-state index >= 15 is 0 Å². The highest BCUT2D eigenvalue weighted by Crippen LogP contribution is 2.38. The van der Waals surface area contributed by atoms with E-state index in [-0.39, 0.29) is 23.0 Å². The molecule has 2 amide bonds. The van der Waals surface area contributed by atoms with Crippen molar-refractivity contribution in [3.05, 3.63) is 65.1 Å². The van der Waals surface area contributed by atoms with E-state index < -0.39 is 6.10 Å². The molecule has 1 saturated heterocycles. The molecule has 0 bridgehead atoms. The Labute approximate surface area is 217 Å². The Morgan fingerprint density at radius 1 is 1.14 bits per heavy atom. The van der Waals surface area contributed by atoms with Gasteiger partial charge in [-0.15, -0.1) is 0 Å². The molecule has 3 heterocycles. The maximum Gasteiger partial charge on any atom is 0.270 e. The number of nitrogens with one attached hydrogen (secondary N) is 2. The first-order valence-electron chi connectivity index (χ1n) is 13.5. The molecule has 6 nitrogen and oxygen atoms in total. The lowest BCUT2D eigenvalue weighted by atomic mass is 9.74. The molecule has 2 aliphatic heterocycles. The second kappa shape index (κ2) is 10.6. The SMILES string of the molecule is CCc1c(C(=O)N2CCC3(CCCCc4ccccc4O[C@H](C)C(=O)NC3)CC2)[nH]c2ccc(F)cc12. The Bertz CT molecular complexity index is 1290. The number of H-pyrrole nitrogens is 1. The van der Waals surface area contributed by atoms with E-state index in [4.69, 9.17) is 4.74 Å². The number of rotatable bonds is 2. The van der Waals surface area contributed by atoms with Crippen molar-refractivity contribution in [1.29, 1.82) is 0 Å². The number of ether oxygens (including phenoxy) is 1. The Morgan fingerprint density at radius 2 is 1.92 bits per heavy atom. The number of carbonyl (C=O) groups is 2. The lowest BCUT2D eigenvalue weighted by molar-refractivity contribution is -0.128. The summed E-state index contributed by atoms with van der Waals surface area (Å²) < 4.78 is 19.9. The van der Waals surface area contributed by atoms with Crippen molar-refractivity contribution in [3.8, 4) is 5.75 Å². The Balaban J connectivity index is 1.30. The molecule has 0 unspecified atom stereocenters. The van der Waals surface area contributed by atoms with Crippen LogP contribution in [0.2, 0.25) is 0 Å². The van der Waals surface area contributed by atoms with Crippen LogP contribution in [0.25, 0.3) is 10.9 Å². The number of amides is 2. The van der Waals surface area contributed by atoms with Crippen LogP contribution in [0.3, 0.4) is 0 Å². The fourth-order valence-electron chi connectivity index (χ4n) is 5.93. The number of benzene rings is 2. The molecule has 5 rings (SSSR count). The number of aromatic amines is 1. The fraction of sp³-hybridized carbons (Fsp3) is 0.467. The van der Waals surface area contributed by atoms with Crippen LogP contribution in [-0.4, -0.2) is 47.4 Å². The molecule has 1 aromatic heterocycles. The quantitative estimate of drug-likeness (QED) is 0.490. The van der Waals surface area contributed by atoms with Gasteiger partial charge >= 0.3 is 0 Å². The molecule has 2 N–H and O–H groups in total. The monoisotopic (exact) mass is 505 g/mol. The summed E-state index contributed by atoms with van der Waals surface area (Å²) in [6.07, 6.45) is 5.79. The zero-order valence-electron chi connectivity index (χ0n) is 21.7. The molecule has 196 valence electrons. The highest BCUT2D eigenvalue weighted by Gasteiger charge is 2.37. The van der Waals surface area contributed by atoms with Gasteiger partial charge in [-0.2, -0.15) is 0 Å². The minimum atomic E-state index is -0.571. The second-order valence-electron chi connectivity index (χ2n) is 10.6. The van der Waals surface area contributed by atoms with Gasteiger partial charge in [-0.25, -0.2) is 4.39 Å². The topological polar surface area (TPSA) is 74.4 Å². The van der Waals surface area contributed by atoms with E-state index in [9.17, 15) is 14.0 Å². The number of aryl methyl sites for hydroxylation is 2. The number of carbonyl (C=O) groups excluding carboxylic acids is 2. The minimum absolute atomic E-state index is 0.0286. The molecule has 1 fully saturated rings. The fourth-order valence-corrected chi connectivity index (χ4v) is 5.93. The molecule has 1 atom stereocenters. The first-order valence-corrected chi connectivity index (χ1v) is 13.5. The van der Waals surface area contributed by atoms with Crippen molar-refractivity contribution in [1.82, 2.24) is 15.2 Å². The standard InChI is InChI=1S/C30H36FN3O3/c1-3-23-24-18-22(31)11-12-25(24)33-27(23)29(36)34-16-14-30(15-17-34)13-7-6-9-21-8-4-5-10-26(21)37-20(2)28(35)32-19-30/h4-5,8,10-12,18,20,33H,3,6-7,9,13-17,19H2,1-2H3,(H,32,35)/t20-/m1/s1. The minimum Gasteiger partial charge on any atom is -0.481 e. The van der Waals surface area contributed by atoms with Crippen LogP contribution in [0.1, 0.15) is 67.6 Å². The van der Waals surface area contributed by atoms with Crippen LogP contribution in [0.4, 0.5) is 4.39 Å². The maximum absolute atomic E-state index is 13.9. The molecule has 7 heteroatoms. The van der Waals surface area contributed by atoms with Crippen LogP contribution < -0.4 is 10.1 Å². The Kier molecular flexibility index (Phi) is 7.22. The predicted molar refractivity (Wildman–Crippen MR) is 142 cm³/mol. The zero-order valence-corrected chi connectivity index (χ0v) is 21.7. The van der Waals surface area contributed by atoms with Gasteiger partial charge in [0.2, 0.25) is 0 Å². The summed E-state index contributed by atoms with van der Waals surface area (Å²) in [4.78, 5) is 31.6. The van der Waals surface area contributed by atoms with Gasteiger partial charge in [0.25, 0.3) is 11.8 Å². The summed E-state index contributed by atoms with van der Waals surface area (Å²) >= 11 is 0. The first-order chi connectivity index (χ1) is 17.9. The number of halogens is 1. The highest BCUT2D eigenvalue weighted by atomic mass is 19.1. The van der Waals surface area contributed by atoms with E-state index in [0.717, 1.165) is 66.3 Å². The van der Waals surface area contributed by atoms with Crippen LogP contribution in [0.15, 0.2) is 42.5 Å². The summed E-state index contributed by atoms with van der Waals surface area (Å²) in [6.45, 7) is 5.65. The number of piperidine rings is 1. The lowest BCUT2D eigenvalue weighted by Gasteiger charge is -2.42. The van der Waals surface area contributed by atoms with Gasteiger partial charge in [-0.05, 0) is 86.3 Å². The van der Waals surface area contributed by atoms with Crippen LogP contribution in [-0.2, 0) is 17.6 Å². The van der Waals surface area contributed by atoms with Crippen molar-refractivity contribution in [2.45, 2.75) is 64.9 Å². The summed E-state index contributed by atoms with van der Waals surface area (Å²) in [5.41, 5.74) is 3.32. The maximum atomic E-state index is 13.9. The number of hydrogen-bond acceptors (Lipinski definition) is 3. The summed E-state index contributed by atoms with van der Waals surface area (Å²) in [5.74, 6) is 0.358. The largest absolute Gasteiger partial charge is 0.481 e. The second-order valence-corrected chi connectivity index (χ2v) is 10.6. The average Bonchev–Trinajstić information content (AvgIpc) is 3.27. The van der Waals surface area contributed by atoms with E-state index in [1.165, 1.54) is 12.1 Å². The number of nitrogens with zero attached hydrogens (tertiary/aromatic N) is 1. The summed E-state index contributed by atoms with van der Waals surface area (Å²) in [6, 6.07) is 12.6. The van der Waals surface area contributed by atoms with Crippen LogP contribution in [0.5, 0.6) is 5.75 Å². The molecule has 2 aliphatic rings. The lowest BCUT2D eigenvalue weighted by Crippen LogP contribution is -2.49. The van der Waals surface area contributed by atoms with Gasteiger partial charge in [0.05, 0.1) is 0 Å². The molecular weight excluding hydrogens is 469 g/mol. The first kappa shape index (κ1) is 25.3. The third-order valence-electron chi connectivity index (χ3n) is 8.23. The van der Waals surface area contributed by atoms with Gasteiger partial charge in [0, 0.05) is 30.5 Å². The van der Waals surface area contributed by atoms with Crippen molar-refractivity contribution < 1.29 is 18.7 Å². The summed E-state index contributed by atoms with van der Waals surface area (Å²) in [7, 11) is 0. The van der Waals surface area contributed by atoms with Crippen LogP contribution in [0, 0.1) is 11.2 Å². The zero-order chi connectivity index (χ0) is 26.0. The third-order valence-corrected chi connectivity index (χ3v) is 8.23. The van der Waals surface area contributed by atoms with Gasteiger partial charge in [0.15, 0.2) is 6.10 Å². The number of likely N-dealkylation sites (tertiary alicyclic amines) is 1. The smallest absolute Gasteiger partial charge is 0.270 e. The summed E-state index contributed by atoms with van der Waals surface area (Å²) in [5, 5.41) is 3.93. The van der Waals surface area contributed by atoms with E-state index in [1.54, 1.807) is 13.0 Å². The van der Waals surface area contributed by atoms with Gasteiger partial charge in [-0.3, -0.25) is 9.59 Å². The van der Waals surface area contributed by atoms with E-state index in [2.05, 4.69) is 16.4 Å². The van der Waals surface area contributed by atoms with Gasteiger partial charge in [0.1, 0.15) is 17.3 Å². The molecule has 1 spiro atoms. The molecule has 0 aliphatic carbocycles. The molecule has 0 radical (unpaired) electrons. The van der Waals surface area contributed by atoms with Crippen molar-refractivity contribution in [3.63, 3.8) is 0 Å². The average molecular weight is 506 g/mol. The highest BCUT2D eigenvalue weighted by molar-refractivity contribution is 6.01. The van der Waals surface area contributed by atoms with Crippen LogP contribution >= 0.6 is 0 Å². The normalized spacial score (nSPS) is 20.5. The number of para-hydroxylation sites is 1. The molecule has 0 saturated carbocycles. The van der Waals surface area contributed by atoms with Gasteiger partial charge in [-0.1, -0.05) is 31.5 Å². The third kappa shape index (κ3) is 5.22. The number of fused-ring (bicyclic) bond motifs is 2.